The zero-order valence-corrected chi connectivity index (χ0v) is 15.3. The normalized spacial score (nSPS) is 15.0. The Balaban J connectivity index is 2.15. The van der Waals surface area contributed by atoms with Crippen LogP contribution in [0.5, 0.6) is 0 Å². The van der Waals surface area contributed by atoms with Crippen LogP contribution in [0.15, 0.2) is 58.7 Å². The molecule has 4 N–H and O–H groups in total. The van der Waals surface area contributed by atoms with Gasteiger partial charge in [0.05, 0.1) is 17.0 Å². The number of nitro benzene ring substituents is 1. The van der Waals surface area contributed by atoms with E-state index in [4.69, 9.17) is 5.73 Å². The number of carbonyl (C=O) groups is 1. The Kier molecular flexibility index (Phi) is 7.14. The van der Waals surface area contributed by atoms with Gasteiger partial charge in [0.1, 0.15) is 0 Å². The molecule has 1 aromatic carbocycles. The summed E-state index contributed by atoms with van der Waals surface area (Å²) in [4.78, 5) is 25.7. The van der Waals surface area contributed by atoms with Crippen LogP contribution in [0.3, 0.4) is 0 Å². The van der Waals surface area contributed by atoms with Crippen molar-refractivity contribution in [3.05, 3.63) is 69.4 Å². The number of non-ortho nitro benzene ring substituents is 1. The molecular weight excluding hydrogens is 364 g/mol. The third-order valence-corrected chi connectivity index (χ3v) is 3.73. The summed E-state index contributed by atoms with van der Waals surface area (Å²) >= 11 is 0. The van der Waals surface area contributed by atoms with E-state index in [0.29, 0.717) is 24.2 Å². The molecule has 0 radical (unpaired) electrons. The Morgan fingerprint density at radius 3 is 2.89 bits per heavy atom. The molecule has 2 amide bonds. The first-order chi connectivity index (χ1) is 13.4. The number of unbranched alkanes of at least 4 members (excludes halogenated alkanes) is 1. The topological polar surface area (TPSA) is 149 Å². The number of hydrogen-bond donors (Lipinski definition) is 3. The second-order valence-electron chi connectivity index (χ2n) is 5.86. The highest BCUT2D eigenvalue weighted by Crippen LogP contribution is 2.16. The molecular formula is C18H21N6O4-. The number of nitrogens with zero attached hydrogens (tertiary/aromatic N) is 3. The number of nitrogens with one attached hydrogen (secondary N) is 2. The molecule has 0 fully saturated rings. The van der Waals surface area contributed by atoms with Gasteiger partial charge in [0.2, 0.25) is 0 Å². The minimum absolute atomic E-state index is 0.0143. The maximum atomic E-state index is 12.3. The van der Waals surface area contributed by atoms with Crippen LogP contribution in [0.2, 0.25) is 0 Å². The number of primary amides is 1. The summed E-state index contributed by atoms with van der Waals surface area (Å²) in [5, 5.41) is 27.1. The second-order valence-corrected chi connectivity index (χ2v) is 5.86. The lowest BCUT2D eigenvalue weighted by Gasteiger charge is -2.28. The number of allylic oxidation sites excluding steroid dienone is 2. The zero-order valence-electron chi connectivity index (χ0n) is 15.3. The number of hydrazine groups is 1. The van der Waals surface area contributed by atoms with Gasteiger partial charge in [-0.2, -0.15) is 0 Å². The summed E-state index contributed by atoms with van der Waals surface area (Å²) in [6.45, 7) is 2.26. The lowest BCUT2D eigenvalue weighted by Crippen LogP contribution is -2.48. The van der Waals surface area contributed by atoms with Crippen molar-refractivity contribution < 1.29 is 14.8 Å². The summed E-state index contributed by atoms with van der Waals surface area (Å²) in [5.41, 5.74) is 8.94. The summed E-state index contributed by atoms with van der Waals surface area (Å²) in [7, 11) is 0. The first kappa shape index (κ1) is 20.5. The number of carbonyl (C=O) groups excluding carboxylic acids is 1. The van der Waals surface area contributed by atoms with Gasteiger partial charge in [-0.25, -0.2) is 14.8 Å². The van der Waals surface area contributed by atoms with Crippen LogP contribution < -0.4 is 21.6 Å². The maximum Gasteiger partial charge on any atom is 0.333 e. The monoisotopic (exact) mass is 385 g/mol. The molecule has 10 heteroatoms. The van der Waals surface area contributed by atoms with Crippen molar-refractivity contribution in [2.75, 3.05) is 6.54 Å². The fourth-order valence-corrected chi connectivity index (χ4v) is 2.27. The number of hydrogen-bond acceptors (Lipinski definition) is 7. The predicted octanol–water partition coefficient (Wildman–Crippen LogP) is 1.34. The fourth-order valence-electron chi connectivity index (χ4n) is 2.27. The highest BCUT2D eigenvalue weighted by molar-refractivity contribution is 5.71. The van der Waals surface area contributed by atoms with Gasteiger partial charge in [-0.3, -0.25) is 10.1 Å². The molecule has 0 spiro atoms. The van der Waals surface area contributed by atoms with Gasteiger partial charge in [-0.05, 0) is 24.1 Å². The molecule has 1 aliphatic heterocycles. The van der Waals surface area contributed by atoms with Crippen LogP contribution in [-0.4, -0.2) is 28.8 Å². The lowest BCUT2D eigenvalue weighted by molar-refractivity contribution is -0.384. The van der Waals surface area contributed by atoms with Crippen LogP contribution in [0.1, 0.15) is 25.3 Å². The van der Waals surface area contributed by atoms with Gasteiger partial charge in [0, 0.05) is 30.3 Å². The Bertz CT molecular complexity index is 859. The minimum Gasteiger partial charge on any atom is -0.858 e. The van der Waals surface area contributed by atoms with Crippen molar-refractivity contribution in [1.29, 1.82) is 0 Å². The van der Waals surface area contributed by atoms with Crippen LogP contribution in [0.4, 0.5) is 10.5 Å². The van der Waals surface area contributed by atoms with E-state index in [-0.39, 0.29) is 11.4 Å². The van der Waals surface area contributed by atoms with E-state index in [2.05, 4.69) is 15.7 Å². The molecule has 0 unspecified atom stereocenters. The van der Waals surface area contributed by atoms with E-state index in [1.165, 1.54) is 24.5 Å². The first-order valence-electron chi connectivity index (χ1n) is 8.59. The van der Waals surface area contributed by atoms with E-state index >= 15 is 0 Å². The van der Waals surface area contributed by atoms with E-state index in [9.17, 15) is 20.0 Å². The molecule has 1 aliphatic rings. The number of aliphatic imine (C=N–C) groups is 1. The Hall–Kier alpha value is -3.82. The Morgan fingerprint density at radius 2 is 2.21 bits per heavy atom. The molecule has 10 nitrogen and oxygen atoms in total. The molecule has 0 bridgehead atoms. The van der Waals surface area contributed by atoms with Crippen molar-refractivity contribution in [3.8, 4) is 0 Å². The van der Waals surface area contributed by atoms with Crippen molar-refractivity contribution in [2.45, 2.75) is 19.8 Å². The van der Waals surface area contributed by atoms with E-state index in [0.717, 1.165) is 11.4 Å². The van der Waals surface area contributed by atoms with Gasteiger partial charge in [0.25, 0.3) is 5.69 Å². The standard InChI is InChI=1S/C18H22N6O4/c1-2-3-9-23(18(19)26)22-17(25)16-11-14(20-12-21-16)8-7-13-5-4-6-15(10-13)24(27)28/h4-8,10-12,22,25H,2-3,9H2,1H3,(H2,19,26)(H,20,21)/p-1/b8-7+,17-16?. The molecule has 0 saturated heterocycles. The number of amides is 2. The largest absolute Gasteiger partial charge is 0.858 e. The van der Waals surface area contributed by atoms with Crippen LogP contribution in [-0.2, 0) is 0 Å². The van der Waals surface area contributed by atoms with E-state index in [1.807, 2.05) is 6.92 Å². The fraction of sp³-hybridized carbons (Fsp3) is 0.222. The number of nitro groups is 1. The average Bonchev–Trinajstić information content (AvgIpc) is 2.69. The Morgan fingerprint density at radius 1 is 1.43 bits per heavy atom. The molecule has 1 aromatic rings. The van der Waals surface area contributed by atoms with Crippen LogP contribution >= 0.6 is 0 Å². The summed E-state index contributed by atoms with van der Waals surface area (Å²) in [6.07, 6.45) is 7.67. The number of benzene rings is 1. The SMILES string of the molecule is CCCCN(NC([O-])=C1C=C(/C=C/c2cccc([N+](=O)[O-])c2)NC=N1)C(N)=O. The maximum absolute atomic E-state index is 12.3. The predicted molar refractivity (Wildman–Crippen MR) is 103 cm³/mol. The lowest BCUT2D eigenvalue weighted by atomic mass is 10.1. The Labute approximate surface area is 161 Å². The van der Waals surface area contributed by atoms with Gasteiger partial charge >= 0.3 is 6.03 Å². The van der Waals surface area contributed by atoms with Crippen molar-refractivity contribution in [3.63, 3.8) is 0 Å². The highest BCUT2D eigenvalue weighted by atomic mass is 16.6. The third kappa shape index (κ3) is 5.87. The zero-order chi connectivity index (χ0) is 20.5. The molecule has 0 saturated carbocycles. The number of urea groups is 1. The van der Waals surface area contributed by atoms with Crippen LogP contribution in [0.25, 0.3) is 6.08 Å². The third-order valence-electron chi connectivity index (χ3n) is 3.73. The molecule has 2 rings (SSSR count). The average molecular weight is 385 g/mol. The molecule has 1 heterocycles. The molecule has 0 atom stereocenters. The summed E-state index contributed by atoms with van der Waals surface area (Å²) in [5.74, 6) is -0.575. The molecule has 0 aliphatic carbocycles. The smallest absolute Gasteiger partial charge is 0.333 e. The quantitative estimate of drug-likeness (QED) is 0.349. The van der Waals surface area contributed by atoms with Gasteiger partial charge in [-0.15, -0.1) is 0 Å². The van der Waals surface area contributed by atoms with Crippen molar-refractivity contribution in [1.82, 2.24) is 15.8 Å². The van der Waals surface area contributed by atoms with Crippen molar-refractivity contribution in [2.24, 2.45) is 10.7 Å². The van der Waals surface area contributed by atoms with Crippen molar-refractivity contribution >= 4 is 24.1 Å². The minimum atomic E-state index is -0.755. The van der Waals surface area contributed by atoms with Gasteiger partial charge < -0.3 is 21.6 Å². The molecule has 148 valence electrons. The number of rotatable bonds is 8. The highest BCUT2D eigenvalue weighted by Gasteiger charge is 2.09. The van der Waals surface area contributed by atoms with Gasteiger partial charge in [0.15, 0.2) is 0 Å². The first-order valence-corrected chi connectivity index (χ1v) is 8.59. The summed E-state index contributed by atoms with van der Waals surface area (Å²) in [6, 6.07) is 5.39. The molecule has 28 heavy (non-hydrogen) atoms. The number of nitrogens with two attached hydrogens (primary N) is 1. The summed E-state index contributed by atoms with van der Waals surface area (Å²) < 4.78 is 0. The van der Waals surface area contributed by atoms with Crippen LogP contribution in [0, 0.1) is 10.1 Å². The van der Waals surface area contributed by atoms with E-state index in [1.54, 1.807) is 24.3 Å². The van der Waals surface area contributed by atoms with E-state index < -0.39 is 16.8 Å². The van der Waals surface area contributed by atoms with Gasteiger partial charge in [-0.1, -0.05) is 31.6 Å². The molecule has 0 aromatic heterocycles. The second kappa shape index (κ2) is 9.76.